The number of nitrogens with one attached hydrogen (secondary N) is 1. The Morgan fingerprint density at radius 2 is 2.24 bits per heavy atom. The fraction of sp³-hybridized carbons (Fsp3) is 0.143. The third-order valence-electron chi connectivity index (χ3n) is 3.04. The summed E-state index contributed by atoms with van der Waals surface area (Å²) < 4.78 is 1.01. The zero-order chi connectivity index (χ0) is 15.0. The predicted octanol–water partition coefficient (Wildman–Crippen LogP) is 3.94. The van der Waals surface area contributed by atoms with Crippen LogP contribution in [0, 0.1) is 6.92 Å². The first-order valence-electron chi connectivity index (χ1n) is 6.22. The molecular weight excluding hydrogens is 370 g/mol. The topological polar surface area (TPSA) is 68.0 Å². The van der Waals surface area contributed by atoms with Crippen molar-refractivity contribution in [1.82, 2.24) is 10.3 Å². The maximum Gasteiger partial charge on any atom is 0.263 e. The van der Waals surface area contributed by atoms with Gasteiger partial charge in [0.25, 0.3) is 5.91 Å². The van der Waals surface area contributed by atoms with E-state index in [1.165, 1.54) is 11.3 Å². The lowest BCUT2D eigenvalue weighted by atomic mass is 10.2. The van der Waals surface area contributed by atoms with E-state index >= 15 is 0 Å². The summed E-state index contributed by atoms with van der Waals surface area (Å²) in [6, 6.07) is 5.78. The van der Waals surface area contributed by atoms with Gasteiger partial charge < -0.3 is 11.1 Å². The average molecular weight is 382 g/mol. The highest BCUT2D eigenvalue weighted by Crippen LogP contribution is 2.32. The van der Waals surface area contributed by atoms with Gasteiger partial charge in [-0.15, -0.1) is 22.7 Å². The number of aromatic nitrogens is 1. The van der Waals surface area contributed by atoms with Crippen LogP contribution in [-0.4, -0.2) is 10.9 Å². The SMILES string of the molecule is Cc1ccc2c(N)c(C(=O)NCc3sccc3Br)sc2n1. The van der Waals surface area contributed by atoms with E-state index in [1.807, 2.05) is 30.5 Å². The van der Waals surface area contributed by atoms with Crippen LogP contribution in [0.4, 0.5) is 5.69 Å². The number of anilines is 1. The predicted molar refractivity (Wildman–Crippen MR) is 92.0 cm³/mol. The van der Waals surface area contributed by atoms with Gasteiger partial charge in [0.2, 0.25) is 0 Å². The van der Waals surface area contributed by atoms with E-state index in [0.29, 0.717) is 17.1 Å². The second kappa shape index (κ2) is 5.75. The van der Waals surface area contributed by atoms with Gasteiger partial charge in [0, 0.05) is 20.4 Å². The number of aryl methyl sites for hydroxylation is 1. The molecule has 108 valence electrons. The van der Waals surface area contributed by atoms with E-state index in [4.69, 9.17) is 5.73 Å². The quantitative estimate of drug-likeness (QED) is 0.721. The van der Waals surface area contributed by atoms with Crippen LogP contribution in [0.1, 0.15) is 20.2 Å². The molecule has 0 fully saturated rings. The first kappa shape index (κ1) is 14.5. The van der Waals surface area contributed by atoms with Crippen molar-refractivity contribution in [2.45, 2.75) is 13.5 Å². The Bertz CT molecular complexity index is 825. The molecule has 0 saturated carbocycles. The Hall–Kier alpha value is -1.44. The lowest BCUT2D eigenvalue weighted by molar-refractivity contribution is 0.0956. The molecule has 0 aromatic carbocycles. The van der Waals surface area contributed by atoms with Crippen LogP contribution in [0.25, 0.3) is 10.2 Å². The van der Waals surface area contributed by atoms with Crippen LogP contribution in [0.5, 0.6) is 0 Å². The summed E-state index contributed by atoms with van der Waals surface area (Å²) in [6.07, 6.45) is 0. The van der Waals surface area contributed by atoms with Crippen molar-refractivity contribution in [1.29, 1.82) is 0 Å². The number of halogens is 1. The normalized spacial score (nSPS) is 11.0. The molecule has 0 unspecified atom stereocenters. The number of fused-ring (bicyclic) bond motifs is 1. The summed E-state index contributed by atoms with van der Waals surface area (Å²) in [7, 11) is 0. The minimum atomic E-state index is -0.159. The van der Waals surface area contributed by atoms with E-state index in [9.17, 15) is 4.79 Å². The van der Waals surface area contributed by atoms with Crippen molar-refractivity contribution in [3.63, 3.8) is 0 Å². The minimum Gasteiger partial charge on any atom is -0.397 e. The first-order valence-corrected chi connectivity index (χ1v) is 8.71. The second-order valence-corrected chi connectivity index (χ2v) is 7.38. The monoisotopic (exact) mass is 381 g/mol. The maximum absolute atomic E-state index is 12.3. The molecule has 4 nitrogen and oxygen atoms in total. The Labute approximate surface area is 138 Å². The van der Waals surface area contributed by atoms with Gasteiger partial charge in [-0.1, -0.05) is 0 Å². The van der Waals surface area contributed by atoms with Crippen molar-refractivity contribution in [2.75, 3.05) is 5.73 Å². The molecule has 0 aliphatic carbocycles. The van der Waals surface area contributed by atoms with Gasteiger partial charge in [0.05, 0.1) is 12.2 Å². The zero-order valence-corrected chi connectivity index (χ0v) is 14.4. The number of thiophene rings is 2. The molecule has 0 aliphatic heterocycles. The second-order valence-electron chi connectivity index (χ2n) is 4.52. The molecule has 3 N–H and O–H groups in total. The molecule has 3 rings (SSSR count). The van der Waals surface area contributed by atoms with E-state index in [-0.39, 0.29) is 5.91 Å². The van der Waals surface area contributed by atoms with Crippen LogP contribution in [0.2, 0.25) is 0 Å². The minimum absolute atomic E-state index is 0.159. The van der Waals surface area contributed by atoms with Crippen molar-refractivity contribution in [3.8, 4) is 0 Å². The van der Waals surface area contributed by atoms with Gasteiger partial charge in [0.15, 0.2) is 0 Å². The smallest absolute Gasteiger partial charge is 0.263 e. The number of carbonyl (C=O) groups is 1. The van der Waals surface area contributed by atoms with Gasteiger partial charge in [-0.25, -0.2) is 4.98 Å². The number of pyridine rings is 1. The largest absolute Gasteiger partial charge is 0.397 e. The Kier molecular flexibility index (Phi) is 3.97. The third-order valence-corrected chi connectivity index (χ3v) is 6.08. The van der Waals surface area contributed by atoms with E-state index in [0.717, 1.165) is 25.3 Å². The number of rotatable bonds is 3. The molecule has 3 heterocycles. The van der Waals surface area contributed by atoms with E-state index < -0.39 is 0 Å². The van der Waals surface area contributed by atoms with Crippen molar-refractivity contribution < 1.29 is 4.79 Å². The highest BCUT2D eigenvalue weighted by Gasteiger charge is 2.17. The highest BCUT2D eigenvalue weighted by molar-refractivity contribution is 9.10. The number of amides is 1. The lowest BCUT2D eigenvalue weighted by Crippen LogP contribution is -2.22. The lowest BCUT2D eigenvalue weighted by Gasteiger charge is -2.03. The van der Waals surface area contributed by atoms with Crippen molar-refractivity contribution in [2.24, 2.45) is 0 Å². The van der Waals surface area contributed by atoms with E-state index in [1.54, 1.807) is 11.3 Å². The number of nitrogens with zero attached hydrogens (tertiary/aromatic N) is 1. The standard InChI is InChI=1S/C14H12BrN3OS2/c1-7-2-3-8-11(16)12(21-14(8)18-7)13(19)17-6-10-9(15)4-5-20-10/h2-5H,6,16H2,1H3,(H,17,19). The summed E-state index contributed by atoms with van der Waals surface area (Å²) in [4.78, 5) is 19.1. The fourth-order valence-corrected chi connectivity index (χ4v) is 4.44. The maximum atomic E-state index is 12.3. The highest BCUT2D eigenvalue weighted by atomic mass is 79.9. The first-order chi connectivity index (χ1) is 10.1. The van der Waals surface area contributed by atoms with Crippen LogP contribution in [-0.2, 0) is 6.54 Å². The summed E-state index contributed by atoms with van der Waals surface area (Å²) in [5, 5.41) is 5.72. The van der Waals surface area contributed by atoms with Crippen LogP contribution < -0.4 is 11.1 Å². The fourth-order valence-electron chi connectivity index (χ4n) is 1.95. The molecule has 0 atom stereocenters. The molecule has 3 aromatic heterocycles. The van der Waals surface area contributed by atoms with Crippen LogP contribution in [0.3, 0.4) is 0 Å². The molecule has 21 heavy (non-hydrogen) atoms. The number of nitrogen functional groups attached to an aromatic ring is 1. The molecule has 0 aliphatic rings. The molecule has 3 aromatic rings. The molecule has 0 saturated heterocycles. The van der Waals surface area contributed by atoms with Gasteiger partial charge in [-0.3, -0.25) is 4.79 Å². The Balaban J connectivity index is 1.84. The van der Waals surface area contributed by atoms with Gasteiger partial charge in [-0.05, 0) is 46.4 Å². The summed E-state index contributed by atoms with van der Waals surface area (Å²) in [5.41, 5.74) is 7.49. The Morgan fingerprint density at radius 3 is 2.95 bits per heavy atom. The Morgan fingerprint density at radius 1 is 1.43 bits per heavy atom. The third kappa shape index (κ3) is 2.81. The molecule has 1 amide bonds. The van der Waals surface area contributed by atoms with Crippen LogP contribution in [0.15, 0.2) is 28.1 Å². The average Bonchev–Trinajstić information content (AvgIpc) is 3.00. The molecule has 0 radical (unpaired) electrons. The molecular formula is C14H12BrN3OS2. The number of hydrogen-bond acceptors (Lipinski definition) is 5. The molecule has 7 heteroatoms. The van der Waals surface area contributed by atoms with Gasteiger partial charge in [-0.2, -0.15) is 0 Å². The van der Waals surface area contributed by atoms with Crippen molar-refractivity contribution >= 4 is 60.4 Å². The summed E-state index contributed by atoms with van der Waals surface area (Å²) in [6.45, 7) is 2.40. The number of nitrogens with two attached hydrogens (primary N) is 1. The van der Waals surface area contributed by atoms with Gasteiger partial charge >= 0.3 is 0 Å². The summed E-state index contributed by atoms with van der Waals surface area (Å²) in [5.74, 6) is -0.159. The molecule has 0 bridgehead atoms. The van der Waals surface area contributed by atoms with E-state index in [2.05, 4.69) is 26.2 Å². The van der Waals surface area contributed by atoms with Crippen molar-refractivity contribution in [3.05, 3.63) is 43.5 Å². The molecule has 0 spiro atoms. The number of hydrogen-bond donors (Lipinski definition) is 2. The van der Waals surface area contributed by atoms with Crippen LogP contribution >= 0.6 is 38.6 Å². The number of carbonyl (C=O) groups excluding carboxylic acids is 1. The summed E-state index contributed by atoms with van der Waals surface area (Å²) >= 11 is 6.38. The van der Waals surface area contributed by atoms with Gasteiger partial charge in [0.1, 0.15) is 9.71 Å². The zero-order valence-electron chi connectivity index (χ0n) is 11.1.